The quantitative estimate of drug-likeness (QED) is 0.679. The van der Waals surface area contributed by atoms with E-state index in [0.717, 1.165) is 22.4 Å². The van der Waals surface area contributed by atoms with Gasteiger partial charge in [0, 0.05) is 5.69 Å². The molecule has 3 rings (SSSR count). The van der Waals surface area contributed by atoms with Crippen molar-refractivity contribution in [3.63, 3.8) is 0 Å². The molecular formula is C13H11N3. The zero-order valence-corrected chi connectivity index (χ0v) is 8.64. The minimum absolute atomic E-state index is 0.964. The van der Waals surface area contributed by atoms with E-state index in [4.69, 9.17) is 0 Å². The highest BCUT2D eigenvalue weighted by atomic mass is 14.9. The predicted octanol–water partition coefficient (Wildman–Crippen LogP) is 3.31. The molecule has 0 amide bonds. The van der Waals surface area contributed by atoms with E-state index in [2.05, 4.69) is 15.3 Å². The topological polar surface area (TPSA) is 40.7 Å². The van der Waals surface area contributed by atoms with E-state index in [-0.39, 0.29) is 0 Å². The van der Waals surface area contributed by atoms with Gasteiger partial charge in [-0.25, -0.2) is 4.98 Å². The number of hydrogen-bond donors (Lipinski definition) is 2. The van der Waals surface area contributed by atoms with Crippen molar-refractivity contribution in [2.24, 2.45) is 0 Å². The molecule has 0 saturated heterocycles. The Balaban J connectivity index is 2.04. The van der Waals surface area contributed by atoms with Gasteiger partial charge < -0.3 is 10.3 Å². The van der Waals surface area contributed by atoms with E-state index in [1.165, 1.54) is 0 Å². The van der Waals surface area contributed by atoms with Crippen LogP contribution in [0.3, 0.4) is 0 Å². The molecule has 16 heavy (non-hydrogen) atoms. The van der Waals surface area contributed by atoms with Gasteiger partial charge in [-0.15, -0.1) is 0 Å². The van der Waals surface area contributed by atoms with E-state index in [0.29, 0.717) is 0 Å². The van der Waals surface area contributed by atoms with E-state index < -0.39 is 0 Å². The molecule has 0 saturated carbocycles. The first-order chi connectivity index (χ1) is 7.93. The second kappa shape index (κ2) is 3.70. The molecule has 1 heterocycles. The average molecular weight is 209 g/mol. The maximum Gasteiger partial charge on any atom is 0.112 e. The Morgan fingerprint density at radius 2 is 1.81 bits per heavy atom. The van der Waals surface area contributed by atoms with Crippen LogP contribution >= 0.6 is 0 Å². The summed E-state index contributed by atoms with van der Waals surface area (Å²) in [6.07, 6.45) is 1.71. The van der Waals surface area contributed by atoms with Crippen LogP contribution in [0, 0.1) is 0 Å². The molecule has 0 aliphatic rings. The molecular weight excluding hydrogens is 198 g/mol. The van der Waals surface area contributed by atoms with Gasteiger partial charge in [-0.3, -0.25) is 0 Å². The molecule has 3 heteroatoms. The van der Waals surface area contributed by atoms with Crippen molar-refractivity contribution >= 4 is 22.4 Å². The maximum atomic E-state index is 4.30. The van der Waals surface area contributed by atoms with Crippen LogP contribution in [0.2, 0.25) is 0 Å². The summed E-state index contributed by atoms with van der Waals surface area (Å²) in [6.45, 7) is 0. The Labute approximate surface area is 93.1 Å². The molecule has 2 aromatic carbocycles. The summed E-state index contributed by atoms with van der Waals surface area (Å²) in [5, 5.41) is 3.35. The number of aromatic amines is 1. The molecule has 3 nitrogen and oxygen atoms in total. The summed E-state index contributed by atoms with van der Waals surface area (Å²) in [7, 11) is 0. The largest absolute Gasteiger partial charge is 0.354 e. The van der Waals surface area contributed by atoms with Crippen molar-refractivity contribution in [3.05, 3.63) is 54.9 Å². The SMILES string of the molecule is c1ccc(Nc2cccc3[nH]cnc23)cc1. The molecule has 1 aromatic heterocycles. The van der Waals surface area contributed by atoms with Crippen LogP contribution in [0.1, 0.15) is 0 Å². The minimum atomic E-state index is 0.964. The lowest BCUT2D eigenvalue weighted by atomic mass is 10.2. The summed E-state index contributed by atoms with van der Waals surface area (Å²) in [5.41, 5.74) is 4.09. The number of H-pyrrole nitrogens is 1. The summed E-state index contributed by atoms with van der Waals surface area (Å²) in [6, 6.07) is 16.1. The Morgan fingerprint density at radius 1 is 0.938 bits per heavy atom. The van der Waals surface area contributed by atoms with Crippen molar-refractivity contribution < 1.29 is 0 Å². The number of nitrogens with one attached hydrogen (secondary N) is 2. The highest BCUT2D eigenvalue weighted by Gasteiger charge is 2.02. The van der Waals surface area contributed by atoms with Crippen molar-refractivity contribution in [2.45, 2.75) is 0 Å². The van der Waals surface area contributed by atoms with Crippen molar-refractivity contribution in [1.82, 2.24) is 9.97 Å². The molecule has 0 aliphatic heterocycles. The summed E-state index contributed by atoms with van der Waals surface area (Å²) >= 11 is 0. The third kappa shape index (κ3) is 1.52. The van der Waals surface area contributed by atoms with Crippen LogP contribution in [0.4, 0.5) is 11.4 Å². The van der Waals surface area contributed by atoms with Crippen LogP contribution in [0.25, 0.3) is 11.0 Å². The monoisotopic (exact) mass is 209 g/mol. The van der Waals surface area contributed by atoms with E-state index in [1.54, 1.807) is 6.33 Å². The van der Waals surface area contributed by atoms with Gasteiger partial charge in [0.2, 0.25) is 0 Å². The van der Waals surface area contributed by atoms with Gasteiger partial charge >= 0.3 is 0 Å². The second-order valence-corrected chi connectivity index (χ2v) is 3.60. The lowest BCUT2D eigenvalue weighted by molar-refractivity contribution is 1.34. The zero-order valence-electron chi connectivity index (χ0n) is 8.64. The first-order valence-corrected chi connectivity index (χ1v) is 5.18. The van der Waals surface area contributed by atoms with Crippen LogP contribution in [-0.4, -0.2) is 9.97 Å². The summed E-state index contributed by atoms with van der Waals surface area (Å²) in [4.78, 5) is 7.39. The van der Waals surface area contributed by atoms with E-state index in [1.807, 2.05) is 48.5 Å². The first-order valence-electron chi connectivity index (χ1n) is 5.18. The fourth-order valence-corrected chi connectivity index (χ4v) is 1.74. The highest BCUT2D eigenvalue weighted by Crippen LogP contribution is 2.23. The molecule has 2 N–H and O–H groups in total. The number of hydrogen-bond acceptors (Lipinski definition) is 2. The van der Waals surface area contributed by atoms with Gasteiger partial charge in [-0.2, -0.15) is 0 Å². The summed E-state index contributed by atoms with van der Waals surface area (Å²) in [5.74, 6) is 0. The van der Waals surface area contributed by atoms with Crippen LogP contribution in [0.15, 0.2) is 54.9 Å². The number of rotatable bonds is 2. The number of para-hydroxylation sites is 2. The highest BCUT2D eigenvalue weighted by molar-refractivity contribution is 5.89. The Morgan fingerprint density at radius 3 is 2.69 bits per heavy atom. The van der Waals surface area contributed by atoms with Gasteiger partial charge in [0.05, 0.1) is 17.5 Å². The zero-order chi connectivity index (χ0) is 10.8. The Kier molecular flexibility index (Phi) is 2.07. The lowest BCUT2D eigenvalue weighted by Gasteiger charge is -2.06. The standard InChI is InChI=1S/C13H11N3/c1-2-5-10(6-3-1)16-12-8-4-7-11-13(12)15-9-14-11/h1-9,16H,(H,14,15). The molecule has 0 spiro atoms. The number of imidazole rings is 1. The molecule has 0 fully saturated rings. The van der Waals surface area contributed by atoms with Gasteiger partial charge in [0.1, 0.15) is 5.52 Å². The second-order valence-electron chi connectivity index (χ2n) is 3.60. The number of benzene rings is 2. The molecule has 78 valence electrons. The average Bonchev–Trinajstić information content (AvgIpc) is 2.80. The molecule has 0 unspecified atom stereocenters. The Bertz CT molecular complexity index is 599. The van der Waals surface area contributed by atoms with E-state index in [9.17, 15) is 0 Å². The molecule has 0 bridgehead atoms. The number of nitrogens with zero attached hydrogens (tertiary/aromatic N) is 1. The van der Waals surface area contributed by atoms with E-state index >= 15 is 0 Å². The fourth-order valence-electron chi connectivity index (χ4n) is 1.74. The van der Waals surface area contributed by atoms with Gasteiger partial charge in [-0.1, -0.05) is 24.3 Å². The third-order valence-corrected chi connectivity index (χ3v) is 2.50. The van der Waals surface area contributed by atoms with Gasteiger partial charge in [-0.05, 0) is 24.3 Å². The molecule has 0 aliphatic carbocycles. The molecule has 0 atom stereocenters. The smallest absolute Gasteiger partial charge is 0.112 e. The van der Waals surface area contributed by atoms with Crippen LogP contribution in [0.5, 0.6) is 0 Å². The third-order valence-electron chi connectivity index (χ3n) is 2.50. The van der Waals surface area contributed by atoms with Crippen LogP contribution in [-0.2, 0) is 0 Å². The lowest BCUT2D eigenvalue weighted by Crippen LogP contribution is -1.90. The van der Waals surface area contributed by atoms with Crippen molar-refractivity contribution in [1.29, 1.82) is 0 Å². The number of aromatic nitrogens is 2. The molecule has 0 radical (unpaired) electrons. The fraction of sp³-hybridized carbons (Fsp3) is 0. The normalized spacial score (nSPS) is 10.5. The Hall–Kier alpha value is -2.29. The summed E-state index contributed by atoms with van der Waals surface area (Å²) < 4.78 is 0. The number of anilines is 2. The van der Waals surface area contributed by atoms with Gasteiger partial charge in [0.25, 0.3) is 0 Å². The number of fused-ring (bicyclic) bond motifs is 1. The van der Waals surface area contributed by atoms with Crippen molar-refractivity contribution in [3.8, 4) is 0 Å². The minimum Gasteiger partial charge on any atom is -0.354 e. The van der Waals surface area contributed by atoms with Gasteiger partial charge in [0.15, 0.2) is 0 Å². The predicted molar refractivity (Wildman–Crippen MR) is 65.8 cm³/mol. The van der Waals surface area contributed by atoms with Crippen LogP contribution < -0.4 is 5.32 Å². The maximum absolute atomic E-state index is 4.30. The van der Waals surface area contributed by atoms with Crippen molar-refractivity contribution in [2.75, 3.05) is 5.32 Å². The first kappa shape index (κ1) is 8.97. The molecule has 3 aromatic rings.